The van der Waals surface area contributed by atoms with Crippen LogP contribution in [0.4, 0.5) is 0 Å². The Morgan fingerprint density at radius 2 is 1.86 bits per heavy atom. The number of benzene rings is 1. The Labute approximate surface area is 130 Å². The Morgan fingerprint density at radius 1 is 1.18 bits per heavy atom. The zero-order chi connectivity index (χ0) is 15.9. The van der Waals surface area contributed by atoms with Crippen molar-refractivity contribution in [2.45, 2.75) is 11.9 Å². The third-order valence-corrected chi connectivity index (χ3v) is 4.21. The lowest BCUT2D eigenvalue weighted by Gasteiger charge is -2.03. The monoisotopic (exact) mass is 317 g/mol. The number of thioether (sulfide) groups is 1. The number of aryl methyl sites for hydroxylation is 2. The molecule has 0 atom stereocenters. The number of para-hydroxylation sites is 1. The largest absolute Gasteiger partial charge is 0.356 e. The molecule has 0 aliphatic rings. The molecule has 114 valence electrons. The summed E-state index contributed by atoms with van der Waals surface area (Å²) in [6, 6.07) is 8.82. The molecule has 1 aromatic carbocycles. The van der Waals surface area contributed by atoms with Crippen LogP contribution in [-0.2, 0) is 7.05 Å². The minimum Gasteiger partial charge on any atom is -0.260 e. The van der Waals surface area contributed by atoms with Crippen molar-refractivity contribution in [3.05, 3.63) is 57.0 Å². The fourth-order valence-electron chi connectivity index (χ4n) is 2.45. The van der Waals surface area contributed by atoms with Gasteiger partial charge in [0.2, 0.25) is 0 Å². The average molecular weight is 317 g/mol. The first kappa shape index (κ1) is 14.5. The lowest BCUT2D eigenvalue weighted by Crippen LogP contribution is -2.27. The molecule has 0 spiro atoms. The van der Waals surface area contributed by atoms with E-state index in [1.807, 2.05) is 12.3 Å². The third-order valence-electron chi connectivity index (χ3n) is 3.36. The summed E-state index contributed by atoms with van der Waals surface area (Å²) in [5.41, 5.74) is 0.885. The van der Waals surface area contributed by atoms with Crippen LogP contribution in [-0.4, -0.2) is 30.4 Å². The Morgan fingerprint density at radius 3 is 2.50 bits per heavy atom. The molecular weight excluding hydrogens is 302 g/mol. The quantitative estimate of drug-likeness (QED) is 0.733. The van der Waals surface area contributed by atoms with Gasteiger partial charge in [-0.15, -0.1) is 11.8 Å². The van der Waals surface area contributed by atoms with Gasteiger partial charge >= 0.3 is 11.4 Å². The zero-order valence-electron chi connectivity index (χ0n) is 12.4. The van der Waals surface area contributed by atoms with Crippen molar-refractivity contribution < 1.29 is 0 Å². The summed E-state index contributed by atoms with van der Waals surface area (Å²) in [7, 11) is 1.81. The Balaban J connectivity index is 2.29. The number of aromatic amines is 1. The number of aromatic nitrogens is 5. The number of nitrogens with zero attached hydrogens (tertiary/aromatic N) is 4. The second kappa shape index (κ2) is 5.38. The van der Waals surface area contributed by atoms with Gasteiger partial charge in [0.15, 0.2) is 0 Å². The summed E-state index contributed by atoms with van der Waals surface area (Å²) in [6.45, 7) is 1.81. The second-order valence-corrected chi connectivity index (χ2v) is 5.57. The molecule has 0 fully saturated rings. The highest BCUT2D eigenvalue weighted by atomic mass is 32.2. The Kier molecular flexibility index (Phi) is 3.53. The van der Waals surface area contributed by atoms with Crippen molar-refractivity contribution in [3.63, 3.8) is 0 Å². The molecule has 7 nitrogen and oxygen atoms in total. The van der Waals surface area contributed by atoms with E-state index >= 15 is 0 Å². The number of nitrogens with one attached hydrogen (secondary N) is 1. The first-order valence-corrected chi connectivity index (χ1v) is 7.84. The Hall–Kier alpha value is -2.48. The third kappa shape index (κ3) is 2.12. The summed E-state index contributed by atoms with van der Waals surface area (Å²) >= 11 is 1.47. The van der Waals surface area contributed by atoms with Gasteiger partial charge < -0.3 is 0 Å². The van der Waals surface area contributed by atoms with Gasteiger partial charge in [-0.25, -0.2) is 19.3 Å². The molecule has 0 amide bonds. The Bertz CT molecular complexity index is 933. The van der Waals surface area contributed by atoms with Crippen LogP contribution >= 0.6 is 11.8 Å². The lowest BCUT2D eigenvalue weighted by atomic mass is 10.3. The maximum absolute atomic E-state index is 12.7. The van der Waals surface area contributed by atoms with E-state index in [9.17, 15) is 9.59 Å². The van der Waals surface area contributed by atoms with Crippen LogP contribution < -0.4 is 11.4 Å². The highest BCUT2D eigenvalue weighted by molar-refractivity contribution is 7.98. The maximum Gasteiger partial charge on any atom is 0.356 e. The predicted molar refractivity (Wildman–Crippen MR) is 85.3 cm³/mol. The van der Waals surface area contributed by atoms with Gasteiger partial charge in [-0.05, 0) is 25.3 Å². The predicted octanol–water partition coefficient (Wildman–Crippen LogP) is 1.08. The summed E-state index contributed by atoms with van der Waals surface area (Å²) in [5, 5.41) is 7.72. The molecule has 0 aliphatic carbocycles. The number of rotatable bonds is 3. The smallest absolute Gasteiger partial charge is 0.260 e. The van der Waals surface area contributed by atoms with E-state index in [2.05, 4.69) is 10.2 Å². The van der Waals surface area contributed by atoms with E-state index in [0.29, 0.717) is 17.1 Å². The summed E-state index contributed by atoms with van der Waals surface area (Å²) in [6.07, 6.45) is 1.90. The normalized spacial score (nSPS) is 11.0. The van der Waals surface area contributed by atoms with E-state index < -0.39 is 11.4 Å². The molecule has 0 saturated carbocycles. The van der Waals surface area contributed by atoms with Crippen molar-refractivity contribution in [2.75, 3.05) is 6.26 Å². The molecule has 0 unspecified atom stereocenters. The van der Waals surface area contributed by atoms with Crippen LogP contribution in [0.2, 0.25) is 0 Å². The van der Waals surface area contributed by atoms with Gasteiger partial charge in [-0.3, -0.25) is 4.68 Å². The molecular formula is C14H15N5O2S. The minimum absolute atomic E-state index is 0.442. The summed E-state index contributed by atoms with van der Waals surface area (Å²) in [5.74, 6) is 0. The minimum atomic E-state index is -0.480. The summed E-state index contributed by atoms with van der Waals surface area (Å²) < 4.78 is 4.06. The van der Waals surface area contributed by atoms with Crippen LogP contribution in [0.5, 0.6) is 0 Å². The average Bonchev–Trinajstić information content (AvgIpc) is 2.95. The molecule has 0 radical (unpaired) electrons. The molecule has 3 rings (SSSR count). The molecule has 0 aliphatic heterocycles. The van der Waals surface area contributed by atoms with E-state index in [0.717, 1.165) is 9.59 Å². The van der Waals surface area contributed by atoms with E-state index in [1.165, 1.54) is 16.4 Å². The number of hydrogen-bond donors (Lipinski definition) is 1. The van der Waals surface area contributed by atoms with Crippen molar-refractivity contribution in [2.24, 2.45) is 7.05 Å². The summed E-state index contributed by atoms with van der Waals surface area (Å²) in [4.78, 5) is 24.9. The maximum atomic E-state index is 12.7. The lowest BCUT2D eigenvalue weighted by molar-refractivity contribution is 0.686. The van der Waals surface area contributed by atoms with E-state index in [1.54, 1.807) is 42.9 Å². The van der Waals surface area contributed by atoms with Crippen LogP contribution in [0, 0.1) is 6.92 Å². The van der Waals surface area contributed by atoms with Gasteiger partial charge in [0.05, 0.1) is 11.4 Å². The van der Waals surface area contributed by atoms with Crippen molar-refractivity contribution in [1.82, 2.24) is 24.1 Å². The zero-order valence-corrected chi connectivity index (χ0v) is 13.2. The van der Waals surface area contributed by atoms with Crippen molar-refractivity contribution in [3.8, 4) is 11.4 Å². The second-order valence-electron chi connectivity index (χ2n) is 4.77. The molecule has 0 bridgehead atoms. The van der Waals surface area contributed by atoms with Gasteiger partial charge in [0, 0.05) is 7.05 Å². The molecule has 8 heteroatoms. The van der Waals surface area contributed by atoms with Gasteiger partial charge in [-0.1, -0.05) is 18.2 Å². The van der Waals surface area contributed by atoms with Crippen LogP contribution in [0.15, 0.2) is 44.9 Å². The van der Waals surface area contributed by atoms with E-state index in [4.69, 9.17) is 0 Å². The number of H-pyrrole nitrogens is 1. The van der Waals surface area contributed by atoms with Crippen molar-refractivity contribution in [1.29, 1.82) is 0 Å². The van der Waals surface area contributed by atoms with Crippen LogP contribution in [0.25, 0.3) is 11.4 Å². The first-order chi connectivity index (χ1) is 10.5. The molecule has 3 aromatic rings. The van der Waals surface area contributed by atoms with Crippen molar-refractivity contribution >= 4 is 11.8 Å². The topological polar surface area (TPSA) is 77.6 Å². The van der Waals surface area contributed by atoms with Gasteiger partial charge in [0.25, 0.3) is 0 Å². The highest BCUT2D eigenvalue weighted by Gasteiger charge is 2.20. The standard InChI is InChI=1S/C14H15N5O2S/c1-9-11(12(22-3)17(2)15-9)19-14(21)18(13(20)16-19)10-7-5-4-6-8-10/h4-8H,1-3H3,(H,16,20). The molecule has 0 saturated heterocycles. The fraction of sp³-hybridized carbons (Fsp3) is 0.214. The van der Waals surface area contributed by atoms with E-state index in [-0.39, 0.29) is 0 Å². The molecule has 2 heterocycles. The molecule has 1 N–H and O–H groups in total. The molecule has 22 heavy (non-hydrogen) atoms. The molecule has 2 aromatic heterocycles. The number of hydrogen-bond acceptors (Lipinski definition) is 4. The van der Waals surface area contributed by atoms with Crippen LogP contribution in [0.1, 0.15) is 5.69 Å². The van der Waals surface area contributed by atoms with Gasteiger partial charge in [-0.2, -0.15) is 9.78 Å². The van der Waals surface area contributed by atoms with Gasteiger partial charge in [0.1, 0.15) is 10.7 Å². The SMILES string of the molecule is CSc1c(-n2[nH]c(=O)n(-c3ccccc3)c2=O)c(C)nn1C. The fourth-order valence-corrected chi connectivity index (χ4v) is 3.19. The van der Waals surface area contributed by atoms with Crippen LogP contribution in [0.3, 0.4) is 0 Å². The highest BCUT2D eigenvalue weighted by Crippen LogP contribution is 2.24. The first-order valence-electron chi connectivity index (χ1n) is 6.62.